The zero-order valence-electron chi connectivity index (χ0n) is 15.1. The first-order valence-corrected chi connectivity index (χ1v) is 9.05. The number of nitrogens with one attached hydrogen (secondary N) is 1. The van der Waals surface area contributed by atoms with E-state index in [0.29, 0.717) is 5.56 Å². The Hall–Kier alpha value is -3.27. The van der Waals surface area contributed by atoms with Gasteiger partial charge in [0.1, 0.15) is 12.3 Å². The summed E-state index contributed by atoms with van der Waals surface area (Å²) in [5, 5.41) is 22.7. The van der Waals surface area contributed by atoms with Gasteiger partial charge in [-0.25, -0.2) is 0 Å². The fraction of sp³-hybridized carbons (Fsp3) is 0.211. The molecule has 158 valence electrons. The van der Waals surface area contributed by atoms with E-state index in [2.05, 4.69) is 0 Å². The van der Waals surface area contributed by atoms with Crippen molar-refractivity contribution in [2.45, 2.75) is 19.2 Å². The zero-order chi connectivity index (χ0) is 22.1. The summed E-state index contributed by atoms with van der Waals surface area (Å²) in [7, 11) is 0. The number of hydrogen-bond acceptors (Lipinski definition) is 5. The number of alkyl halides is 4. The van der Waals surface area contributed by atoms with E-state index in [1.807, 2.05) is 4.98 Å². The molecule has 1 aromatic heterocycles. The van der Waals surface area contributed by atoms with Gasteiger partial charge >= 0.3 is 6.18 Å². The van der Waals surface area contributed by atoms with Crippen LogP contribution in [0.1, 0.15) is 27.2 Å². The van der Waals surface area contributed by atoms with Crippen LogP contribution in [0.4, 0.5) is 18.9 Å². The van der Waals surface area contributed by atoms with E-state index in [-0.39, 0.29) is 35.7 Å². The van der Waals surface area contributed by atoms with E-state index in [1.54, 1.807) is 30.3 Å². The van der Waals surface area contributed by atoms with E-state index < -0.39 is 39.4 Å². The molecule has 0 unspecified atom stereocenters. The molecule has 0 aliphatic carbocycles. The maximum Gasteiger partial charge on any atom is 0.431 e. The number of nitro groups is 1. The van der Waals surface area contributed by atoms with Crippen molar-refractivity contribution in [3.05, 3.63) is 68.9 Å². The van der Waals surface area contributed by atoms with Gasteiger partial charge in [0.05, 0.1) is 22.5 Å². The molecule has 11 heteroatoms. The minimum Gasteiger partial charge on any atom is -0.545 e. The molecular weight excluding hydrogens is 429 g/mol. The minimum atomic E-state index is -5.07. The molecule has 0 aliphatic heterocycles. The van der Waals surface area contributed by atoms with Gasteiger partial charge in [-0.2, -0.15) is 13.2 Å². The van der Waals surface area contributed by atoms with E-state index in [9.17, 15) is 33.2 Å². The number of aromatic carboxylic acids is 1. The highest BCUT2D eigenvalue weighted by molar-refractivity contribution is 6.18. The maximum absolute atomic E-state index is 13.5. The second kappa shape index (κ2) is 8.23. The Morgan fingerprint density at radius 1 is 1.23 bits per heavy atom. The monoisotopic (exact) mass is 441 g/mol. The van der Waals surface area contributed by atoms with Crippen molar-refractivity contribution in [3.8, 4) is 5.75 Å². The fourth-order valence-electron chi connectivity index (χ4n) is 3.17. The van der Waals surface area contributed by atoms with Gasteiger partial charge < -0.3 is 19.6 Å². The van der Waals surface area contributed by atoms with Crippen molar-refractivity contribution in [2.24, 2.45) is 0 Å². The molecule has 0 bridgehead atoms. The molecule has 0 fully saturated rings. The van der Waals surface area contributed by atoms with E-state index in [4.69, 9.17) is 16.3 Å². The lowest BCUT2D eigenvalue weighted by atomic mass is 10.00. The van der Waals surface area contributed by atoms with Gasteiger partial charge in [-0.1, -0.05) is 30.3 Å². The molecule has 1 heterocycles. The summed E-state index contributed by atoms with van der Waals surface area (Å²) in [6.45, 7) is -0.108. The molecule has 0 spiro atoms. The molecule has 3 rings (SSSR count). The predicted molar refractivity (Wildman–Crippen MR) is 99.5 cm³/mol. The molecule has 3 aromatic rings. The van der Waals surface area contributed by atoms with Crippen molar-refractivity contribution >= 4 is 34.2 Å². The van der Waals surface area contributed by atoms with Crippen LogP contribution < -0.4 is 9.84 Å². The molecule has 0 amide bonds. The lowest BCUT2D eigenvalue weighted by Gasteiger charge is -2.12. The second-order valence-corrected chi connectivity index (χ2v) is 6.63. The molecular formula is C19H13ClF3N2O5-. The first-order valence-electron chi connectivity index (χ1n) is 8.52. The number of aromatic nitrogens is 1. The third kappa shape index (κ3) is 4.04. The number of carboxylic acids is 1. The first-order chi connectivity index (χ1) is 14.1. The van der Waals surface area contributed by atoms with Crippen LogP contribution in [-0.4, -0.2) is 21.8 Å². The standard InChI is InChI=1S/C19H14ClF3N2O5/c20-7-6-11-12(25(28)29)8-13(30-9-10-4-2-1-3-5-10)16-14(11)15(18(26)27)17(24-16)19(21,22)23/h1-5,8,24H,6-7,9H2,(H,26,27)/p-1. The second-order valence-electron chi connectivity index (χ2n) is 6.25. The number of nitrogens with zero attached hydrogens (tertiary/aromatic N) is 1. The van der Waals surface area contributed by atoms with Crippen LogP contribution in [0.15, 0.2) is 36.4 Å². The third-order valence-corrected chi connectivity index (χ3v) is 4.58. The molecule has 0 radical (unpaired) electrons. The molecule has 30 heavy (non-hydrogen) atoms. The number of aromatic amines is 1. The van der Waals surface area contributed by atoms with E-state index in [0.717, 1.165) is 6.07 Å². The number of carbonyl (C=O) groups excluding carboxylic acids is 1. The number of H-pyrrole nitrogens is 1. The Bertz CT molecular complexity index is 1110. The fourth-order valence-corrected chi connectivity index (χ4v) is 3.36. The van der Waals surface area contributed by atoms with Crippen LogP contribution in [0.25, 0.3) is 10.9 Å². The van der Waals surface area contributed by atoms with Gasteiger partial charge in [-0.3, -0.25) is 10.1 Å². The highest BCUT2D eigenvalue weighted by Gasteiger charge is 2.39. The number of rotatable bonds is 7. The highest BCUT2D eigenvalue weighted by atomic mass is 35.5. The quantitative estimate of drug-likeness (QED) is 0.340. The zero-order valence-corrected chi connectivity index (χ0v) is 15.8. The lowest BCUT2D eigenvalue weighted by Crippen LogP contribution is -2.25. The Morgan fingerprint density at radius 2 is 1.90 bits per heavy atom. The number of carboxylic acid groups (broad SMARTS) is 1. The smallest absolute Gasteiger partial charge is 0.431 e. The minimum absolute atomic E-state index is 0.108. The average molecular weight is 442 g/mol. The summed E-state index contributed by atoms with van der Waals surface area (Å²) in [4.78, 5) is 24.4. The normalized spacial score (nSPS) is 11.6. The summed E-state index contributed by atoms with van der Waals surface area (Å²) in [6.07, 6.45) is -5.30. The Kier molecular flexibility index (Phi) is 5.88. The summed E-state index contributed by atoms with van der Waals surface area (Å²) in [6, 6.07) is 9.52. The van der Waals surface area contributed by atoms with Gasteiger partial charge in [-0.15, -0.1) is 11.6 Å². The molecule has 0 saturated carbocycles. The summed E-state index contributed by atoms with van der Waals surface area (Å²) >= 11 is 5.67. The number of aryl methyl sites for hydroxylation is 1. The number of fused-ring (bicyclic) bond motifs is 1. The molecule has 7 nitrogen and oxygen atoms in total. The molecule has 0 saturated heterocycles. The van der Waals surface area contributed by atoms with Crippen molar-refractivity contribution in [1.29, 1.82) is 0 Å². The van der Waals surface area contributed by atoms with Gasteiger partial charge in [0.2, 0.25) is 0 Å². The van der Waals surface area contributed by atoms with Crippen LogP contribution in [-0.2, 0) is 19.2 Å². The first kappa shape index (κ1) is 21.4. The highest BCUT2D eigenvalue weighted by Crippen LogP contribution is 2.43. The number of benzene rings is 2. The van der Waals surface area contributed by atoms with Crippen LogP contribution in [0, 0.1) is 10.1 Å². The Labute approximate surface area is 172 Å². The topological polar surface area (TPSA) is 108 Å². The lowest BCUT2D eigenvalue weighted by molar-refractivity contribution is -0.385. The van der Waals surface area contributed by atoms with Gasteiger partial charge in [0, 0.05) is 22.4 Å². The molecule has 1 N–H and O–H groups in total. The SMILES string of the molecule is O=C([O-])c1c(C(F)(F)F)[nH]c2c(OCc3ccccc3)cc([N+](=O)[O-])c(CCCl)c12. The van der Waals surface area contributed by atoms with Crippen molar-refractivity contribution in [1.82, 2.24) is 4.98 Å². The average Bonchev–Trinajstić information content (AvgIpc) is 3.09. The largest absolute Gasteiger partial charge is 0.545 e. The number of carbonyl (C=O) groups is 1. The Morgan fingerprint density at radius 3 is 2.43 bits per heavy atom. The summed E-state index contributed by atoms with van der Waals surface area (Å²) in [5.41, 5.74) is -3.32. The molecule has 0 atom stereocenters. The molecule has 2 aromatic carbocycles. The van der Waals surface area contributed by atoms with Gasteiger partial charge in [0.25, 0.3) is 5.69 Å². The van der Waals surface area contributed by atoms with Gasteiger partial charge in [-0.05, 0) is 12.0 Å². The van der Waals surface area contributed by atoms with Crippen molar-refractivity contribution in [2.75, 3.05) is 5.88 Å². The number of ether oxygens (including phenoxy) is 1. The van der Waals surface area contributed by atoms with Crippen molar-refractivity contribution in [3.63, 3.8) is 0 Å². The van der Waals surface area contributed by atoms with Gasteiger partial charge in [0.15, 0.2) is 5.75 Å². The Balaban J connectivity index is 2.32. The summed E-state index contributed by atoms with van der Waals surface area (Å²) < 4.78 is 46.0. The number of halogens is 4. The third-order valence-electron chi connectivity index (χ3n) is 4.39. The predicted octanol–water partition coefficient (Wildman–Crippen LogP) is 3.82. The van der Waals surface area contributed by atoms with Crippen LogP contribution >= 0.6 is 11.6 Å². The number of hydrogen-bond donors (Lipinski definition) is 1. The summed E-state index contributed by atoms with van der Waals surface area (Å²) in [5.74, 6) is -2.60. The van der Waals surface area contributed by atoms with E-state index >= 15 is 0 Å². The van der Waals surface area contributed by atoms with Crippen LogP contribution in [0.2, 0.25) is 0 Å². The van der Waals surface area contributed by atoms with Crippen molar-refractivity contribution < 1.29 is 32.7 Å². The number of nitro benzene ring substituents is 1. The molecule has 0 aliphatic rings. The van der Waals surface area contributed by atoms with Crippen LogP contribution in [0.5, 0.6) is 5.75 Å². The van der Waals surface area contributed by atoms with Crippen LogP contribution in [0.3, 0.4) is 0 Å². The maximum atomic E-state index is 13.5. The van der Waals surface area contributed by atoms with E-state index in [1.165, 1.54) is 0 Å².